The van der Waals surface area contributed by atoms with Crippen molar-refractivity contribution in [1.82, 2.24) is 4.98 Å². The molecular weight excluding hydrogens is 248 g/mol. The number of hydrogen-bond donors (Lipinski definition) is 1. The summed E-state index contributed by atoms with van der Waals surface area (Å²) in [6.45, 7) is 4.43. The van der Waals surface area contributed by atoms with Crippen LogP contribution in [-0.4, -0.2) is 23.2 Å². The third-order valence-electron chi connectivity index (χ3n) is 4.22. The summed E-state index contributed by atoms with van der Waals surface area (Å²) in [5.41, 5.74) is 0.762. The number of aliphatic hydroxyl groups excluding tert-OH is 1. The Bertz CT molecular complexity index is 597. The molecule has 1 unspecified atom stereocenters. The van der Waals surface area contributed by atoms with E-state index in [0.29, 0.717) is 0 Å². The number of fused-ring (bicyclic) bond motifs is 1. The first-order chi connectivity index (χ1) is 9.81. The summed E-state index contributed by atoms with van der Waals surface area (Å²) < 4.78 is 0. The SMILES string of the molecule is CCCC1CCN(c2nc(CO)cc3ccccc23)C1. The number of aromatic nitrogens is 1. The lowest BCUT2D eigenvalue weighted by molar-refractivity contribution is 0.277. The zero-order valence-corrected chi connectivity index (χ0v) is 12.0. The van der Waals surface area contributed by atoms with Gasteiger partial charge in [0, 0.05) is 18.5 Å². The van der Waals surface area contributed by atoms with E-state index in [-0.39, 0.29) is 6.61 Å². The van der Waals surface area contributed by atoms with Crippen LogP contribution in [0.4, 0.5) is 5.82 Å². The fraction of sp³-hybridized carbons (Fsp3) is 0.471. The Hall–Kier alpha value is -1.61. The molecule has 3 nitrogen and oxygen atoms in total. The lowest BCUT2D eigenvalue weighted by atomic mass is 10.0. The maximum Gasteiger partial charge on any atom is 0.136 e. The number of rotatable bonds is 4. The zero-order chi connectivity index (χ0) is 13.9. The summed E-state index contributed by atoms with van der Waals surface area (Å²) in [5.74, 6) is 1.84. The molecule has 0 saturated carbocycles. The van der Waals surface area contributed by atoms with Crippen LogP contribution in [0.2, 0.25) is 0 Å². The Morgan fingerprint density at radius 2 is 2.20 bits per heavy atom. The molecule has 1 aromatic carbocycles. The van der Waals surface area contributed by atoms with Crippen molar-refractivity contribution in [3.63, 3.8) is 0 Å². The number of anilines is 1. The largest absolute Gasteiger partial charge is 0.390 e. The minimum Gasteiger partial charge on any atom is -0.390 e. The Morgan fingerprint density at radius 3 is 3.00 bits per heavy atom. The minimum atomic E-state index is 0.00403. The van der Waals surface area contributed by atoms with E-state index in [0.717, 1.165) is 30.5 Å². The van der Waals surface area contributed by atoms with Crippen molar-refractivity contribution < 1.29 is 5.11 Å². The summed E-state index contributed by atoms with van der Waals surface area (Å²) >= 11 is 0. The Morgan fingerprint density at radius 1 is 1.35 bits per heavy atom. The van der Waals surface area contributed by atoms with Crippen molar-refractivity contribution in [3.8, 4) is 0 Å². The van der Waals surface area contributed by atoms with Crippen molar-refractivity contribution in [2.45, 2.75) is 32.8 Å². The van der Waals surface area contributed by atoms with Crippen LogP contribution in [0, 0.1) is 5.92 Å². The van der Waals surface area contributed by atoms with E-state index in [1.54, 1.807) is 0 Å². The Labute approximate surface area is 120 Å². The van der Waals surface area contributed by atoms with E-state index in [4.69, 9.17) is 0 Å². The fourth-order valence-corrected chi connectivity index (χ4v) is 3.23. The smallest absolute Gasteiger partial charge is 0.136 e. The number of hydrogen-bond acceptors (Lipinski definition) is 3. The molecule has 0 amide bonds. The highest BCUT2D eigenvalue weighted by atomic mass is 16.3. The van der Waals surface area contributed by atoms with Gasteiger partial charge < -0.3 is 10.0 Å². The summed E-state index contributed by atoms with van der Waals surface area (Å²) in [7, 11) is 0. The first-order valence-corrected chi connectivity index (χ1v) is 7.56. The number of pyridine rings is 1. The number of aliphatic hydroxyl groups is 1. The first-order valence-electron chi connectivity index (χ1n) is 7.56. The van der Waals surface area contributed by atoms with Crippen LogP contribution >= 0.6 is 0 Å². The van der Waals surface area contributed by atoms with Gasteiger partial charge in [-0.05, 0) is 30.2 Å². The highest BCUT2D eigenvalue weighted by Crippen LogP contribution is 2.31. The molecule has 0 spiro atoms. The van der Waals surface area contributed by atoms with Crippen molar-refractivity contribution >= 4 is 16.6 Å². The maximum absolute atomic E-state index is 9.42. The van der Waals surface area contributed by atoms with Crippen molar-refractivity contribution in [3.05, 3.63) is 36.0 Å². The monoisotopic (exact) mass is 270 g/mol. The van der Waals surface area contributed by atoms with Gasteiger partial charge in [0.2, 0.25) is 0 Å². The van der Waals surface area contributed by atoms with Gasteiger partial charge in [0.25, 0.3) is 0 Å². The maximum atomic E-state index is 9.42. The van der Waals surface area contributed by atoms with Gasteiger partial charge >= 0.3 is 0 Å². The van der Waals surface area contributed by atoms with Crippen LogP contribution in [0.1, 0.15) is 31.9 Å². The van der Waals surface area contributed by atoms with Crippen LogP contribution in [0.5, 0.6) is 0 Å². The predicted octanol–water partition coefficient (Wildman–Crippen LogP) is 3.35. The van der Waals surface area contributed by atoms with E-state index in [1.165, 1.54) is 30.0 Å². The third kappa shape index (κ3) is 2.50. The summed E-state index contributed by atoms with van der Waals surface area (Å²) in [5, 5.41) is 11.8. The highest BCUT2D eigenvalue weighted by molar-refractivity contribution is 5.92. The molecule has 0 aliphatic carbocycles. The molecule has 0 radical (unpaired) electrons. The van der Waals surface area contributed by atoms with E-state index in [2.05, 4.69) is 35.0 Å². The molecule has 1 aliphatic rings. The summed E-state index contributed by atoms with van der Waals surface area (Å²) in [6.07, 6.45) is 3.81. The fourth-order valence-electron chi connectivity index (χ4n) is 3.23. The molecule has 3 heteroatoms. The van der Waals surface area contributed by atoms with Gasteiger partial charge in [0.1, 0.15) is 5.82 Å². The molecule has 1 atom stereocenters. The average Bonchev–Trinajstić information content (AvgIpc) is 2.95. The normalized spacial score (nSPS) is 18.9. The topological polar surface area (TPSA) is 36.4 Å². The van der Waals surface area contributed by atoms with Gasteiger partial charge in [0.05, 0.1) is 12.3 Å². The second-order valence-electron chi connectivity index (χ2n) is 5.71. The molecule has 20 heavy (non-hydrogen) atoms. The van der Waals surface area contributed by atoms with Crippen LogP contribution in [0.25, 0.3) is 10.8 Å². The molecule has 1 aromatic heterocycles. The molecule has 2 aromatic rings. The van der Waals surface area contributed by atoms with E-state index in [9.17, 15) is 5.11 Å². The van der Waals surface area contributed by atoms with Gasteiger partial charge in [-0.25, -0.2) is 4.98 Å². The number of benzene rings is 1. The van der Waals surface area contributed by atoms with Crippen LogP contribution in [0.3, 0.4) is 0 Å². The van der Waals surface area contributed by atoms with Crippen LogP contribution in [-0.2, 0) is 6.61 Å². The molecule has 0 bridgehead atoms. The van der Waals surface area contributed by atoms with Crippen molar-refractivity contribution in [1.29, 1.82) is 0 Å². The average molecular weight is 270 g/mol. The molecule has 3 rings (SSSR count). The van der Waals surface area contributed by atoms with Gasteiger partial charge in [-0.2, -0.15) is 0 Å². The van der Waals surface area contributed by atoms with Gasteiger partial charge in [-0.3, -0.25) is 0 Å². The highest BCUT2D eigenvalue weighted by Gasteiger charge is 2.24. The third-order valence-corrected chi connectivity index (χ3v) is 4.22. The van der Waals surface area contributed by atoms with E-state index < -0.39 is 0 Å². The molecule has 1 fully saturated rings. The predicted molar refractivity (Wildman–Crippen MR) is 82.9 cm³/mol. The Balaban J connectivity index is 1.98. The standard InChI is InChI=1S/C17H22N2O/c1-2-5-13-8-9-19(11-13)17-16-7-4-3-6-14(16)10-15(12-20)18-17/h3-4,6-7,10,13,20H,2,5,8-9,11-12H2,1H3. The lowest BCUT2D eigenvalue weighted by Crippen LogP contribution is -2.21. The number of nitrogens with zero attached hydrogens (tertiary/aromatic N) is 2. The molecule has 1 aliphatic heterocycles. The van der Waals surface area contributed by atoms with Crippen LogP contribution in [0.15, 0.2) is 30.3 Å². The summed E-state index contributed by atoms with van der Waals surface area (Å²) in [4.78, 5) is 7.06. The summed E-state index contributed by atoms with van der Waals surface area (Å²) in [6, 6.07) is 10.3. The van der Waals surface area contributed by atoms with Gasteiger partial charge in [-0.15, -0.1) is 0 Å². The quantitative estimate of drug-likeness (QED) is 0.925. The van der Waals surface area contributed by atoms with Crippen molar-refractivity contribution in [2.24, 2.45) is 5.92 Å². The minimum absolute atomic E-state index is 0.00403. The lowest BCUT2D eigenvalue weighted by Gasteiger charge is -2.20. The second-order valence-corrected chi connectivity index (χ2v) is 5.71. The molecule has 106 valence electrons. The second kappa shape index (κ2) is 5.80. The van der Waals surface area contributed by atoms with E-state index >= 15 is 0 Å². The van der Waals surface area contributed by atoms with Crippen molar-refractivity contribution in [2.75, 3.05) is 18.0 Å². The van der Waals surface area contributed by atoms with Crippen LogP contribution < -0.4 is 4.90 Å². The molecule has 2 heterocycles. The molecule has 1 saturated heterocycles. The Kier molecular flexibility index (Phi) is 3.88. The van der Waals surface area contributed by atoms with Gasteiger partial charge in [0.15, 0.2) is 0 Å². The van der Waals surface area contributed by atoms with E-state index in [1.807, 2.05) is 12.1 Å². The van der Waals surface area contributed by atoms with Gasteiger partial charge in [-0.1, -0.05) is 37.6 Å². The first kappa shape index (κ1) is 13.4. The molecule has 1 N–H and O–H groups in total. The zero-order valence-electron chi connectivity index (χ0n) is 12.0. The molecular formula is C17H22N2O.